The van der Waals surface area contributed by atoms with E-state index in [1.807, 2.05) is 0 Å². The van der Waals surface area contributed by atoms with E-state index in [0.29, 0.717) is 45.2 Å². The summed E-state index contributed by atoms with van der Waals surface area (Å²) < 4.78 is 20.2. The van der Waals surface area contributed by atoms with Crippen molar-refractivity contribution in [2.45, 2.75) is 0 Å². The lowest BCUT2D eigenvalue weighted by Gasteiger charge is -2.10. The average molecular weight is 450 g/mol. The van der Waals surface area contributed by atoms with Gasteiger partial charge in [-0.15, -0.1) is 5.10 Å². The number of fused-ring (bicyclic) bond motifs is 1. The molecule has 164 valence electrons. The van der Waals surface area contributed by atoms with Crippen molar-refractivity contribution in [3.05, 3.63) is 95.8 Å². The van der Waals surface area contributed by atoms with Gasteiger partial charge >= 0.3 is 0 Å². The van der Waals surface area contributed by atoms with Crippen LogP contribution < -0.4 is 10.1 Å². The van der Waals surface area contributed by atoms with Crippen molar-refractivity contribution in [1.82, 2.24) is 20.4 Å². The Morgan fingerprint density at radius 3 is 2.65 bits per heavy atom. The molecule has 2 aromatic heterocycles. The second-order valence-electron chi connectivity index (χ2n) is 7.25. The van der Waals surface area contributed by atoms with Crippen LogP contribution in [0.25, 0.3) is 22.4 Å². The zero-order valence-corrected chi connectivity index (χ0v) is 17.5. The van der Waals surface area contributed by atoms with Crippen LogP contribution in [0.1, 0.15) is 15.9 Å². The Bertz CT molecular complexity index is 1560. The van der Waals surface area contributed by atoms with Gasteiger partial charge in [-0.1, -0.05) is 12.1 Å². The monoisotopic (exact) mass is 450 g/mol. The first-order chi connectivity index (χ1) is 16.6. The Kier molecular flexibility index (Phi) is 5.38. The van der Waals surface area contributed by atoms with Crippen LogP contribution in [0, 0.1) is 17.1 Å². The van der Waals surface area contributed by atoms with Gasteiger partial charge in [-0.25, -0.2) is 9.37 Å². The molecule has 0 aliphatic heterocycles. The molecule has 0 spiro atoms. The van der Waals surface area contributed by atoms with Gasteiger partial charge in [-0.2, -0.15) is 15.6 Å². The number of para-hydroxylation sites is 1. The van der Waals surface area contributed by atoms with Crippen molar-refractivity contribution in [1.29, 1.82) is 5.26 Å². The Morgan fingerprint density at radius 2 is 1.82 bits per heavy atom. The SMILES string of the molecule is N#Cc1ccccc1Oc1ccc(NC(=O)c2cc(-c3ccc4n[nH]nc4n3)ccc2F)cc1. The topological polar surface area (TPSA) is 117 Å². The molecule has 0 atom stereocenters. The van der Waals surface area contributed by atoms with Crippen LogP contribution in [0.15, 0.2) is 78.9 Å². The average Bonchev–Trinajstić information content (AvgIpc) is 3.34. The first-order valence-corrected chi connectivity index (χ1v) is 10.2. The van der Waals surface area contributed by atoms with E-state index in [2.05, 4.69) is 31.8 Å². The highest BCUT2D eigenvalue weighted by atomic mass is 19.1. The fourth-order valence-electron chi connectivity index (χ4n) is 3.34. The molecule has 0 aliphatic rings. The summed E-state index contributed by atoms with van der Waals surface area (Å²) in [5.74, 6) is -0.344. The normalized spacial score (nSPS) is 10.6. The van der Waals surface area contributed by atoms with E-state index in [1.54, 1.807) is 66.7 Å². The van der Waals surface area contributed by atoms with Gasteiger partial charge < -0.3 is 10.1 Å². The van der Waals surface area contributed by atoms with E-state index in [9.17, 15) is 14.4 Å². The Morgan fingerprint density at radius 1 is 1.00 bits per heavy atom. The van der Waals surface area contributed by atoms with Crippen LogP contribution in [-0.2, 0) is 0 Å². The molecule has 5 rings (SSSR count). The lowest BCUT2D eigenvalue weighted by atomic mass is 10.1. The number of nitriles is 1. The molecular formula is C25H15FN6O2. The Labute approximate surface area is 192 Å². The number of pyridine rings is 1. The molecular weight excluding hydrogens is 435 g/mol. The number of benzene rings is 3. The summed E-state index contributed by atoms with van der Waals surface area (Å²) in [6.45, 7) is 0. The van der Waals surface area contributed by atoms with Crippen LogP contribution in [0.5, 0.6) is 11.5 Å². The zero-order valence-electron chi connectivity index (χ0n) is 17.5. The number of halogens is 1. The van der Waals surface area contributed by atoms with Gasteiger partial charge in [0.25, 0.3) is 5.91 Å². The maximum absolute atomic E-state index is 14.5. The van der Waals surface area contributed by atoms with Gasteiger partial charge in [0.15, 0.2) is 0 Å². The van der Waals surface area contributed by atoms with E-state index in [4.69, 9.17) is 4.74 Å². The van der Waals surface area contributed by atoms with E-state index in [0.717, 1.165) is 0 Å². The lowest BCUT2D eigenvalue weighted by Crippen LogP contribution is -2.14. The summed E-state index contributed by atoms with van der Waals surface area (Å²) in [6, 6.07) is 23.2. The van der Waals surface area contributed by atoms with Crippen LogP contribution in [0.4, 0.5) is 10.1 Å². The summed E-state index contributed by atoms with van der Waals surface area (Å²) in [5.41, 5.74) is 2.87. The fraction of sp³-hybridized carbons (Fsp3) is 0. The van der Waals surface area contributed by atoms with Crippen LogP contribution in [-0.4, -0.2) is 26.3 Å². The van der Waals surface area contributed by atoms with Crippen LogP contribution >= 0.6 is 0 Å². The molecule has 8 nitrogen and oxygen atoms in total. The third-order valence-corrected chi connectivity index (χ3v) is 5.04. The molecule has 0 saturated carbocycles. The van der Waals surface area contributed by atoms with Crippen molar-refractivity contribution >= 4 is 22.8 Å². The number of nitrogens with zero attached hydrogens (tertiary/aromatic N) is 4. The molecule has 0 fully saturated rings. The van der Waals surface area contributed by atoms with Gasteiger partial charge in [0.05, 0.1) is 16.8 Å². The smallest absolute Gasteiger partial charge is 0.258 e. The number of aromatic nitrogens is 4. The molecule has 2 N–H and O–H groups in total. The molecule has 0 unspecified atom stereocenters. The number of H-pyrrole nitrogens is 1. The summed E-state index contributed by atoms with van der Waals surface area (Å²) in [4.78, 5) is 17.2. The number of hydrogen-bond donors (Lipinski definition) is 2. The van der Waals surface area contributed by atoms with Gasteiger partial charge in [0.2, 0.25) is 5.65 Å². The predicted molar refractivity (Wildman–Crippen MR) is 123 cm³/mol. The maximum atomic E-state index is 14.5. The number of nitrogens with one attached hydrogen (secondary N) is 2. The molecule has 3 aromatic carbocycles. The number of anilines is 1. The quantitative estimate of drug-likeness (QED) is 0.386. The fourth-order valence-corrected chi connectivity index (χ4v) is 3.34. The number of ether oxygens (including phenoxy) is 1. The molecule has 1 amide bonds. The zero-order chi connectivity index (χ0) is 23.5. The minimum Gasteiger partial charge on any atom is -0.456 e. The molecule has 0 bridgehead atoms. The Balaban J connectivity index is 1.34. The second kappa shape index (κ2) is 8.80. The molecule has 2 heterocycles. The second-order valence-corrected chi connectivity index (χ2v) is 7.25. The van der Waals surface area contributed by atoms with Crippen molar-refractivity contribution in [2.24, 2.45) is 0 Å². The minimum absolute atomic E-state index is 0.122. The van der Waals surface area contributed by atoms with Crippen LogP contribution in [0.2, 0.25) is 0 Å². The highest BCUT2D eigenvalue weighted by molar-refractivity contribution is 6.05. The molecule has 5 aromatic rings. The third-order valence-electron chi connectivity index (χ3n) is 5.04. The van der Waals surface area contributed by atoms with E-state index in [-0.39, 0.29) is 5.56 Å². The van der Waals surface area contributed by atoms with Crippen molar-refractivity contribution < 1.29 is 13.9 Å². The summed E-state index contributed by atoms with van der Waals surface area (Å²) >= 11 is 0. The molecule has 34 heavy (non-hydrogen) atoms. The van der Waals surface area contributed by atoms with Crippen molar-refractivity contribution in [3.63, 3.8) is 0 Å². The first-order valence-electron chi connectivity index (χ1n) is 10.2. The highest BCUT2D eigenvalue weighted by Crippen LogP contribution is 2.27. The highest BCUT2D eigenvalue weighted by Gasteiger charge is 2.15. The van der Waals surface area contributed by atoms with Gasteiger partial charge in [-0.3, -0.25) is 4.79 Å². The van der Waals surface area contributed by atoms with Gasteiger partial charge in [0, 0.05) is 11.3 Å². The molecule has 9 heteroatoms. The van der Waals surface area contributed by atoms with Crippen molar-refractivity contribution in [3.8, 4) is 28.8 Å². The first kappa shape index (κ1) is 20.8. The van der Waals surface area contributed by atoms with E-state index >= 15 is 0 Å². The van der Waals surface area contributed by atoms with Crippen molar-refractivity contribution in [2.75, 3.05) is 5.32 Å². The number of hydrogen-bond acceptors (Lipinski definition) is 6. The summed E-state index contributed by atoms with van der Waals surface area (Å²) in [5, 5.41) is 22.3. The van der Waals surface area contributed by atoms with Gasteiger partial charge in [-0.05, 0) is 66.7 Å². The number of rotatable bonds is 5. The predicted octanol–water partition coefficient (Wildman–Crippen LogP) is 5.08. The standard InChI is InChI=1S/C25H15FN6O2/c26-20-10-5-15(21-11-12-22-24(29-21)31-32-30-22)13-19(20)25(33)28-17-6-8-18(9-7-17)34-23-4-2-1-3-16(23)14-27/h1-13H,(H,28,33)(H,29,30,31,32). The summed E-state index contributed by atoms with van der Waals surface area (Å²) in [7, 11) is 0. The van der Waals surface area contributed by atoms with Gasteiger partial charge in [0.1, 0.15) is 28.9 Å². The number of aromatic amines is 1. The Hall–Kier alpha value is -5.10. The minimum atomic E-state index is -0.656. The van der Waals surface area contributed by atoms with E-state index in [1.165, 1.54) is 12.1 Å². The maximum Gasteiger partial charge on any atom is 0.258 e. The molecule has 0 saturated heterocycles. The summed E-state index contributed by atoms with van der Waals surface area (Å²) in [6.07, 6.45) is 0. The van der Waals surface area contributed by atoms with E-state index < -0.39 is 11.7 Å². The number of carbonyl (C=O) groups excluding carboxylic acids is 1. The third kappa shape index (κ3) is 4.16. The molecule has 0 aliphatic carbocycles. The number of carbonyl (C=O) groups is 1. The number of amides is 1. The molecule has 0 radical (unpaired) electrons. The largest absolute Gasteiger partial charge is 0.456 e. The van der Waals surface area contributed by atoms with Crippen LogP contribution in [0.3, 0.4) is 0 Å². The lowest BCUT2D eigenvalue weighted by molar-refractivity contribution is 0.102.